The molecule has 0 saturated heterocycles. The average Bonchev–Trinajstić information content (AvgIpc) is 2.79. The van der Waals surface area contributed by atoms with Crippen molar-refractivity contribution in [2.45, 2.75) is 13.8 Å². The smallest absolute Gasteiger partial charge is 0.0255 e. The van der Waals surface area contributed by atoms with Gasteiger partial charge in [-0.25, -0.2) is 0 Å². The Morgan fingerprint density at radius 3 is 0.933 bits per heavy atom. The highest BCUT2D eigenvalue weighted by Crippen LogP contribution is 2.21. The molecular formula is C30H22. The summed E-state index contributed by atoms with van der Waals surface area (Å²) in [7, 11) is 0. The zero-order valence-electron chi connectivity index (χ0n) is 17.2. The Kier molecular flexibility index (Phi) is 5.80. The van der Waals surface area contributed by atoms with Crippen molar-refractivity contribution in [2.24, 2.45) is 0 Å². The molecule has 142 valence electrons. The van der Waals surface area contributed by atoms with Crippen molar-refractivity contribution < 1.29 is 0 Å². The molecule has 0 unspecified atom stereocenters. The summed E-state index contributed by atoms with van der Waals surface area (Å²) in [6, 6.07) is 33.7. The summed E-state index contributed by atoms with van der Waals surface area (Å²) in [5.41, 5.74) is 9.29. The molecule has 0 aromatic heterocycles. The van der Waals surface area contributed by atoms with Crippen molar-refractivity contribution in [3.63, 3.8) is 0 Å². The van der Waals surface area contributed by atoms with Crippen molar-refractivity contribution in [3.8, 4) is 45.9 Å². The molecule has 0 atom stereocenters. The van der Waals surface area contributed by atoms with Crippen molar-refractivity contribution >= 4 is 0 Å². The first-order valence-electron chi connectivity index (χ1n) is 10.0. The molecule has 0 heteroatoms. The minimum absolute atomic E-state index is 0.967. The molecule has 0 fully saturated rings. The van der Waals surface area contributed by atoms with Gasteiger partial charge < -0.3 is 0 Å². The lowest BCUT2D eigenvalue weighted by molar-refractivity contribution is 1.47. The summed E-state index contributed by atoms with van der Waals surface area (Å²) in [6.45, 7) is 4.20. The number of aryl methyl sites for hydroxylation is 2. The lowest BCUT2D eigenvalue weighted by Crippen LogP contribution is -1.80. The maximum Gasteiger partial charge on any atom is 0.0255 e. The van der Waals surface area contributed by atoms with Crippen molar-refractivity contribution in [3.05, 3.63) is 119 Å². The van der Waals surface area contributed by atoms with E-state index in [-0.39, 0.29) is 0 Å². The third-order valence-corrected chi connectivity index (χ3v) is 5.02. The number of hydrogen-bond donors (Lipinski definition) is 0. The molecular weight excluding hydrogens is 360 g/mol. The van der Waals surface area contributed by atoms with Crippen LogP contribution in [-0.2, 0) is 0 Å². The Balaban J connectivity index is 1.42. The highest BCUT2D eigenvalue weighted by molar-refractivity contribution is 5.66. The van der Waals surface area contributed by atoms with Crippen LogP contribution in [0.3, 0.4) is 0 Å². The fraction of sp³-hybridized carbons (Fsp3) is 0.0667. The summed E-state index contributed by atoms with van der Waals surface area (Å²) < 4.78 is 0. The standard InChI is InChI=1S/C30H22/c1-23-7-15-27(16-8-23)29-19-11-25(12-20-29)5-3-4-6-26-13-21-30(22-14-26)28-17-9-24(2)10-18-28/h7-22H,1-2H3. The lowest BCUT2D eigenvalue weighted by Gasteiger charge is -2.02. The van der Waals surface area contributed by atoms with Gasteiger partial charge in [-0.05, 0) is 72.2 Å². The second kappa shape index (κ2) is 9.00. The number of hydrogen-bond acceptors (Lipinski definition) is 0. The van der Waals surface area contributed by atoms with Gasteiger partial charge in [-0.1, -0.05) is 95.8 Å². The van der Waals surface area contributed by atoms with E-state index in [2.05, 4.69) is 110 Å². The predicted molar refractivity (Wildman–Crippen MR) is 127 cm³/mol. The van der Waals surface area contributed by atoms with Crippen molar-refractivity contribution in [2.75, 3.05) is 0 Å². The predicted octanol–water partition coefficient (Wildman–Crippen LogP) is 7.04. The minimum Gasteiger partial charge on any atom is -0.0587 e. The molecule has 0 aliphatic rings. The molecule has 0 spiro atoms. The van der Waals surface area contributed by atoms with E-state index < -0.39 is 0 Å². The van der Waals surface area contributed by atoms with E-state index in [0.29, 0.717) is 0 Å². The third-order valence-electron chi connectivity index (χ3n) is 5.02. The Bertz CT molecular complexity index is 1140. The van der Waals surface area contributed by atoms with Crippen molar-refractivity contribution in [1.29, 1.82) is 0 Å². The molecule has 0 aliphatic heterocycles. The first-order chi connectivity index (χ1) is 14.7. The zero-order valence-corrected chi connectivity index (χ0v) is 17.2. The molecule has 4 aromatic carbocycles. The summed E-state index contributed by atoms with van der Waals surface area (Å²) in [5, 5.41) is 0. The topological polar surface area (TPSA) is 0 Å². The van der Waals surface area contributed by atoms with Crippen LogP contribution in [0.2, 0.25) is 0 Å². The van der Waals surface area contributed by atoms with Gasteiger partial charge in [0.15, 0.2) is 0 Å². The van der Waals surface area contributed by atoms with E-state index in [1.807, 2.05) is 24.3 Å². The largest absolute Gasteiger partial charge is 0.0587 e. The Morgan fingerprint density at radius 2 is 0.633 bits per heavy atom. The second-order valence-corrected chi connectivity index (χ2v) is 7.39. The fourth-order valence-electron chi connectivity index (χ4n) is 3.19. The molecule has 0 saturated carbocycles. The van der Waals surface area contributed by atoms with Crippen LogP contribution in [0.1, 0.15) is 22.3 Å². The van der Waals surface area contributed by atoms with Crippen LogP contribution < -0.4 is 0 Å². The third kappa shape index (κ3) is 4.88. The first kappa shape index (κ1) is 19.3. The van der Waals surface area contributed by atoms with Gasteiger partial charge in [-0.15, -0.1) is 0 Å². The molecule has 4 aromatic rings. The van der Waals surface area contributed by atoms with Crippen LogP contribution in [0.4, 0.5) is 0 Å². The summed E-state index contributed by atoms with van der Waals surface area (Å²) in [6.07, 6.45) is 0. The molecule has 0 N–H and O–H groups in total. The SMILES string of the molecule is Cc1ccc(-c2ccc(C#CC#Cc3ccc(-c4ccc(C)cc4)cc3)cc2)cc1. The van der Waals surface area contributed by atoms with Crippen LogP contribution in [0.5, 0.6) is 0 Å². The van der Waals surface area contributed by atoms with Crippen LogP contribution in [-0.4, -0.2) is 0 Å². The number of benzene rings is 4. The average molecular weight is 383 g/mol. The minimum atomic E-state index is 0.967. The molecule has 4 rings (SSSR count). The maximum atomic E-state index is 3.12. The molecule has 30 heavy (non-hydrogen) atoms. The van der Waals surface area contributed by atoms with Crippen molar-refractivity contribution in [1.82, 2.24) is 0 Å². The second-order valence-electron chi connectivity index (χ2n) is 7.39. The van der Waals surface area contributed by atoms with Gasteiger partial charge in [0.1, 0.15) is 0 Å². The van der Waals surface area contributed by atoms with Gasteiger partial charge in [0, 0.05) is 11.1 Å². The van der Waals surface area contributed by atoms with Gasteiger partial charge >= 0.3 is 0 Å². The monoisotopic (exact) mass is 382 g/mol. The maximum absolute atomic E-state index is 3.12. The van der Waals surface area contributed by atoms with E-state index in [0.717, 1.165) is 11.1 Å². The van der Waals surface area contributed by atoms with Gasteiger partial charge in [0.25, 0.3) is 0 Å². The lowest BCUT2D eigenvalue weighted by atomic mass is 10.0. The number of rotatable bonds is 2. The molecule has 0 nitrogen and oxygen atoms in total. The molecule has 0 heterocycles. The Labute approximate surface area is 179 Å². The highest BCUT2D eigenvalue weighted by atomic mass is 14.0. The van der Waals surface area contributed by atoms with Gasteiger partial charge in [-0.3, -0.25) is 0 Å². The van der Waals surface area contributed by atoms with E-state index in [4.69, 9.17) is 0 Å². The summed E-state index contributed by atoms with van der Waals surface area (Å²) in [4.78, 5) is 0. The van der Waals surface area contributed by atoms with Gasteiger partial charge in [0.05, 0.1) is 0 Å². The van der Waals surface area contributed by atoms with Crippen LogP contribution in [0.15, 0.2) is 97.1 Å². The normalized spacial score (nSPS) is 9.80. The first-order valence-corrected chi connectivity index (χ1v) is 10.0. The fourth-order valence-corrected chi connectivity index (χ4v) is 3.19. The Morgan fingerprint density at radius 1 is 0.367 bits per heavy atom. The van der Waals surface area contributed by atoms with E-state index in [1.54, 1.807) is 0 Å². The zero-order chi connectivity index (χ0) is 20.8. The van der Waals surface area contributed by atoms with Crippen LogP contribution in [0, 0.1) is 37.5 Å². The quantitative estimate of drug-likeness (QED) is 0.326. The summed E-state index contributed by atoms with van der Waals surface area (Å²) >= 11 is 0. The molecule has 0 radical (unpaired) electrons. The van der Waals surface area contributed by atoms with Crippen LogP contribution >= 0.6 is 0 Å². The van der Waals surface area contributed by atoms with Gasteiger partial charge in [0.2, 0.25) is 0 Å². The van der Waals surface area contributed by atoms with E-state index in [9.17, 15) is 0 Å². The van der Waals surface area contributed by atoms with E-state index >= 15 is 0 Å². The van der Waals surface area contributed by atoms with Gasteiger partial charge in [-0.2, -0.15) is 0 Å². The molecule has 0 amide bonds. The van der Waals surface area contributed by atoms with E-state index in [1.165, 1.54) is 33.4 Å². The molecule has 0 aliphatic carbocycles. The van der Waals surface area contributed by atoms with Crippen LogP contribution in [0.25, 0.3) is 22.3 Å². The Hall–Kier alpha value is -4.00. The highest BCUT2D eigenvalue weighted by Gasteiger charge is 1.98. The molecule has 0 bridgehead atoms. The summed E-state index contributed by atoms with van der Waals surface area (Å²) in [5.74, 6) is 12.2.